The monoisotopic (exact) mass is 230 g/mol. The van der Waals surface area contributed by atoms with E-state index in [0.717, 1.165) is 5.69 Å². The van der Waals surface area contributed by atoms with E-state index in [1.165, 1.54) is 19.1 Å². The predicted molar refractivity (Wildman–Crippen MR) is 64.9 cm³/mol. The average Bonchev–Trinajstić information content (AvgIpc) is 2.31. The predicted octanol–water partition coefficient (Wildman–Crippen LogP) is 2.38. The molecule has 0 aliphatic carbocycles. The quantitative estimate of drug-likeness (QED) is 0.764. The SMILES string of the molecule is CC(=O)c1ccc(O)cc1.Cc1cnccn1. The smallest absolute Gasteiger partial charge is 0.159 e. The Morgan fingerprint density at radius 3 is 2.18 bits per heavy atom. The fraction of sp³-hybridized carbons (Fsp3) is 0.154. The summed E-state index contributed by atoms with van der Waals surface area (Å²) in [6.07, 6.45) is 5.06. The van der Waals surface area contributed by atoms with Crippen LogP contribution >= 0.6 is 0 Å². The largest absolute Gasteiger partial charge is 0.508 e. The highest BCUT2D eigenvalue weighted by atomic mass is 16.3. The van der Waals surface area contributed by atoms with Gasteiger partial charge in [-0.25, -0.2) is 0 Å². The van der Waals surface area contributed by atoms with Gasteiger partial charge in [0.25, 0.3) is 0 Å². The fourth-order valence-corrected chi connectivity index (χ4v) is 1.07. The van der Waals surface area contributed by atoms with Crippen LogP contribution in [0.15, 0.2) is 42.9 Å². The van der Waals surface area contributed by atoms with Gasteiger partial charge in [0, 0.05) is 24.2 Å². The number of hydrogen-bond donors (Lipinski definition) is 1. The molecular formula is C13H14N2O2. The fourth-order valence-electron chi connectivity index (χ4n) is 1.07. The highest BCUT2D eigenvalue weighted by Gasteiger charge is 1.96. The molecule has 0 saturated heterocycles. The summed E-state index contributed by atoms with van der Waals surface area (Å²) in [4.78, 5) is 18.4. The van der Waals surface area contributed by atoms with Gasteiger partial charge in [0.15, 0.2) is 5.78 Å². The molecule has 4 heteroatoms. The molecule has 0 bridgehead atoms. The third-order valence-corrected chi connectivity index (χ3v) is 1.97. The van der Waals surface area contributed by atoms with E-state index in [4.69, 9.17) is 5.11 Å². The molecule has 0 saturated carbocycles. The first-order valence-electron chi connectivity index (χ1n) is 5.12. The lowest BCUT2D eigenvalue weighted by molar-refractivity contribution is 0.101. The third-order valence-electron chi connectivity index (χ3n) is 1.97. The molecule has 2 aromatic rings. The van der Waals surface area contributed by atoms with Crippen LogP contribution in [-0.2, 0) is 0 Å². The first-order valence-corrected chi connectivity index (χ1v) is 5.12. The van der Waals surface area contributed by atoms with Gasteiger partial charge in [-0.15, -0.1) is 0 Å². The summed E-state index contributed by atoms with van der Waals surface area (Å²) < 4.78 is 0. The second-order valence-corrected chi connectivity index (χ2v) is 3.45. The van der Waals surface area contributed by atoms with E-state index < -0.39 is 0 Å². The van der Waals surface area contributed by atoms with Gasteiger partial charge in [-0.3, -0.25) is 14.8 Å². The minimum Gasteiger partial charge on any atom is -0.508 e. The molecule has 0 unspecified atom stereocenters. The van der Waals surface area contributed by atoms with Gasteiger partial charge < -0.3 is 5.11 Å². The Morgan fingerprint density at radius 2 is 1.82 bits per heavy atom. The van der Waals surface area contributed by atoms with Gasteiger partial charge in [0.05, 0.1) is 5.69 Å². The third kappa shape index (κ3) is 4.88. The Bertz CT molecular complexity index is 467. The molecule has 17 heavy (non-hydrogen) atoms. The highest BCUT2D eigenvalue weighted by Crippen LogP contribution is 2.09. The summed E-state index contributed by atoms with van der Waals surface area (Å²) in [7, 11) is 0. The molecular weight excluding hydrogens is 216 g/mol. The lowest BCUT2D eigenvalue weighted by Crippen LogP contribution is -1.89. The van der Waals surface area contributed by atoms with Gasteiger partial charge in [-0.05, 0) is 38.1 Å². The van der Waals surface area contributed by atoms with Crippen LogP contribution in [0.25, 0.3) is 0 Å². The number of carbonyl (C=O) groups is 1. The number of phenols is 1. The number of aromatic nitrogens is 2. The van der Waals surface area contributed by atoms with E-state index in [-0.39, 0.29) is 11.5 Å². The molecule has 0 amide bonds. The van der Waals surface area contributed by atoms with Gasteiger partial charge in [0.2, 0.25) is 0 Å². The van der Waals surface area contributed by atoms with E-state index in [0.29, 0.717) is 5.56 Å². The molecule has 88 valence electrons. The number of rotatable bonds is 1. The van der Waals surface area contributed by atoms with Crippen LogP contribution in [0.5, 0.6) is 5.75 Å². The minimum absolute atomic E-state index is 0.0139. The van der Waals surface area contributed by atoms with Gasteiger partial charge in [-0.2, -0.15) is 0 Å². The Kier molecular flexibility index (Phi) is 4.81. The maximum absolute atomic E-state index is 10.7. The normalized spacial score (nSPS) is 9.06. The molecule has 0 atom stereocenters. The van der Waals surface area contributed by atoms with Crippen molar-refractivity contribution in [2.75, 3.05) is 0 Å². The van der Waals surface area contributed by atoms with Crippen molar-refractivity contribution in [3.63, 3.8) is 0 Å². The molecule has 2 rings (SSSR count). The van der Waals surface area contributed by atoms with E-state index in [9.17, 15) is 4.79 Å². The summed E-state index contributed by atoms with van der Waals surface area (Å²) >= 11 is 0. The van der Waals surface area contributed by atoms with Gasteiger partial charge in [-0.1, -0.05) is 0 Å². The van der Waals surface area contributed by atoms with Crippen molar-refractivity contribution in [1.82, 2.24) is 9.97 Å². The molecule has 0 spiro atoms. The number of ketones is 1. The minimum atomic E-state index is 0.0139. The van der Waals surface area contributed by atoms with Crippen molar-refractivity contribution in [1.29, 1.82) is 0 Å². The van der Waals surface area contributed by atoms with E-state index in [2.05, 4.69) is 9.97 Å². The number of Topliss-reactive ketones (excluding diaryl/α,β-unsaturated/α-hetero) is 1. The first-order chi connectivity index (χ1) is 8.09. The highest BCUT2D eigenvalue weighted by molar-refractivity contribution is 5.94. The lowest BCUT2D eigenvalue weighted by Gasteiger charge is -1.93. The second-order valence-electron chi connectivity index (χ2n) is 3.45. The molecule has 0 radical (unpaired) electrons. The number of aromatic hydroxyl groups is 1. The van der Waals surface area contributed by atoms with Crippen LogP contribution < -0.4 is 0 Å². The molecule has 0 fully saturated rings. The van der Waals surface area contributed by atoms with E-state index in [1.54, 1.807) is 30.7 Å². The van der Waals surface area contributed by atoms with Crippen molar-refractivity contribution >= 4 is 5.78 Å². The molecule has 0 aliphatic rings. The maximum atomic E-state index is 10.7. The number of carbonyl (C=O) groups excluding carboxylic acids is 1. The standard InChI is InChI=1S/C8H8O2.C5H6N2/c1-6(9)7-2-4-8(10)5-3-7;1-5-4-6-2-3-7-5/h2-5,10H,1H3;2-4H,1H3. The Morgan fingerprint density at radius 1 is 1.18 bits per heavy atom. The number of phenolic OH excluding ortho intramolecular Hbond substituents is 1. The molecule has 4 nitrogen and oxygen atoms in total. The molecule has 0 aliphatic heterocycles. The second kappa shape index (κ2) is 6.37. The van der Waals surface area contributed by atoms with E-state index >= 15 is 0 Å². The number of nitrogens with zero attached hydrogens (tertiary/aromatic N) is 2. The summed E-state index contributed by atoms with van der Waals surface area (Å²) in [5.74, 6) is 0.199. The molecule has 1 heterocycles. The Labute approximate surface area is 100.0 Å². The Hall–Kier alpha value is -2.23. The summed E-state index contributed by atoms with van der Waals surface area (Å²) in [6, 6.07) is 6.18. The Balaban J connectivity index is 0.000000181. The zero-order chi connectivity index (χ0) is 12.7. The van der Waals surface area contributed by atoms with Crippen LogP contribution in [0.2, 0.25) is 0 Å². The molecule has 1 N–H and O–H groups in total. The number of aryl methyl sites for hydroxylation is 1. The summed E-state index contributed by atoms with van der Waals surface area (Å²) in [6.45, 7) is 3.40. The summed E-state index contributed by atoms with van der Waals surface area (Å²) in [5, 5.41) is 8.83. The van der Waals surface area contributed by atoms with Crippen LogP contribution in [0.4, 0.5) is 0 Å². The van der Waals surface area contributed by atoms with Crippen molar-refractivity contribution in [2.24, 2.45) is 0 Å². The van der Waals surface area contributed by atoms with Gasteiger partial charge >= 0.3 is 0 Å². The number of hydrogen-bond acceptors (Lipinski definition) is 4. The van der Waals surface area contributed by atoms with Crippen LogP contribution in [0, 0.1) is 6.92 Å². The van der Waals surface area contributed by atoms with Crippen molar-refractivity contribution in [3.05, 3.63) is 54.1 Å². The topological polar surface area (TPSA) is 63.1 Å². The van der Waals surface area contributed by atoms with Crippen molar-refractivity contribution < 1.29 is 9.90 Å². The van der Waals surface area contributed by atoms with Crippen LogP contribution in [0.1, 0.15) is 23.0 Å². The molecule has 1 aromatic heterocycles. The first kappa shape index (κ1) is 12.8. The number of benzene rings is 1. The van der Waals surface area contributed by atoms with Crippen molar-refractivity contribution in [2.45, 2.75) is 13.8 Å². The summed E-state index contributed by atoms with van der Waals surface area (Å²) in [5.41, 5.74) is 1.58. The molecule has 1 aromatic carbocycles. The van der Waals surface area contributed by atoms with Crippen molar-refractivity contribution in [3.8, 4) is 5.75 Å². The lowest BCUT2D eigenvalue weighted by atomic mass is 10.1. The van der Waals surface area contributed by atoms with Crippen LogP contribution in [0.3, 0.4) is 0 Å². The zero-order valence-corrected chi connectivity index (χ0v) is 9.79. The maximum Gasteiger partial charge on any atom is 0.159 e. The van der Waals surface area contributed by atoms with Gasteiger partial charge in [0.1, 0.15) is 5.75 Å². The van der Waals surface area contributed by atoms with Crippen LogP contribution in [-0.4, -0.2) is 20.9 Å². The zero-order valence-electron chi connectivity index (χ0n) is 9.79. The van der Waals surface area contributed by atoms with E-state index in [1.807, 2.05) is 6.92 Å². The average molecular weight is 230 g/mol.